The average molecular weight is 709 g/mol. The standard InChI is InChI=1S/C44H52O8/c1-3-47-31-13-9-5-7-11-15-33-49-37-27-23-35(24-28-37)43(45)51-41-21-17-20-40-39(41)19-18-22-42(40)52-44(46)36-25-29-38(30-26-36)50-34-16-12-8-6-10-14-32-48-4-2/h3-4,17-30H,1-2,5-16,31-34H2. The van der Waals surface area contributed by atoms with Gasteiger partial charge in [-0.3, -0.25) is 0 Å². The third kappa shape index (κ3) is 13.8. The van der Waals surface area contributed by atoms with Crippen molar-refractivity contribution in [1.29, 1.82) is 0 Å². The highest BCUT2D eigenvalue weighted by Crippen LogP contribution is 2.33. The Hall–Kier alpha value is -5.24. The topological polar surface area (TPSA) is 89.5 Å². The van der Waals surface area contributed by atoms with Crippen molar-refractivity contribution < 1.29 is 38.0 Å². The minimum atomic E-state index is -0.493. The molecule has 0 spiro atoms. The number of rotatable bonds is 26. The van der Waals surface area contributed by atoms with Crippen molar-refractivity contribution in [1.82, 2.24) is 0 Å². The van der Waals surface area contributed by atoms with E-state index in [1.165, 1.54) is 38.2 Å². The molecule has 4 aromatic rings. The lowest BCUT2D eigenvalue weighted by atomic mass is 10.1. The molecule has 4 rings (SSSR count). The van der Waals surface area contributed by atoms with Crippen LogP contribution in [0.3, 0.4) is 0 Å². The van der Waals surface area contributed by atoms with Crippen LogP contribution in [0, 0.1) is 0 Å². The van der Waals surface area contributed by atoms with Gasteiger partial charge in [0.2, 0.25) is 0 Å². The normalized spacial score (nSPS) is 10.7. The highest BCUT2D eigenvalue weighted by atomic mass is 16.5. The second-order valence-electron chi connectivity index (χ2n) is 12.4. The second kappa shape index (κ2) is 23.3. The molecule has 0 N–H and O–H groups in total. The number of carbonyl (C=O) groups is 2. The van der Waals surface area contributed by atoms with E-state index in [1.807, 2.05) is 12.1 Å². The van der Waals surface area contributed by atoms with Crippen molar-refractivity contribution in [3.63, 3.8) is 0 Å². The van der Waals surface area contributed by atoms with Gasteiger partial charge in [0, 0.05) is 10.8 Å². The molecule has 0 amide bonds. The van der Waals surface area contributed by atoms with Crippen LogP contribution in [0.25, 0.3) is 10.8 Å². The molecule has 0 heterocycles. The minimum absolute atomic E-state index is 0.369. The number of ether oxygens (including phenoxy) is 6. The Kier molecular flexibility index (Phi) is 17.7. The van der Waals surface area contributed by atoms with Gasteiger partial charge in [-0.15, -0.1) is 0 Å². The molecule has 0 aliphatic carbocycles. The van der Waals surface area contributed by atoms with Gasteiger partial charge in [-0.2, -0.15) is 0 Å². The number of fused-ring (bicyclic) bond motifs is 1. The Morgan fingerprint density at radius 1 is 0.442 bits per heavy atom. The van der Waals surface area contributed by atoms with E-state index in [9.17, 15) is 9.59 Å². The van der Waals surface area contributed by atoms with Crippen LogP contribution < -0.4 is 18.9 Å². The zero-order valence-electron chi connectivity index (χ0n) is 30.2. The maximum absolute atomic E-state index is 13.1. The highest BCUT2D eigenvalue weighted by molar-refractivity contribution is 5.99. The lowest BCUT2D eigenvalue weighted by molar-refractivity contribution is 0.0725. The van der Waals surface area contributed by atoms with Crippen LogP contribution in [0.15, 0.2) is 111 Å². The summed E-state index contributed by atoms with van der Waals surface area (Å²) < 4.78 is 33.6. The largest absolute Gasteiger partial charge is 0.502 e. The summed E-state index contributed by atoms with van der Waals surface area (Å²) in [4.78, 5) is 26.2. The fourth-order valence-corrected chi connectivity index (χ4v) is 5.66. The SMILES string of the molecule is C=COCCCCCCCCOc1ccc(C(=O)Oc2cccc3c(OC(=O)c4ccc(OCCCCCCCCOC=C)cc4)cccc23)cc1. The van der Waals surface area contributed by atoms with Crippen molar-refractivity contribution >= 4 is 22.7 Å². The number of benzene rings is 4. The molecule has 0 saturated carbocycles. The summed E-state index contributed by atoms with van der Waals surface area (Å²) >= 11 is 0. The number of unbranched alkanes of at least 4 members (excludes halogenated alkanes) is 10. The van der Waals surface area contributed by atoms with Gasteiger partial charge in [-0.25, -0.2) is 9.59 Å². The average Bonchev–Trinajstić information content (AvgIpc) is 3.17. The molecule has 8 nitrogen and oxygen atoms in total. The van der Waals surface area contributed by atoms with E-state index in [-0.39, 0.29) is 0 Å². The van der Waals surface area contributed by atoms with Gasteiger partial charge in [0.25, 0.3) is 0 Å². The van der Waals surface area contributed by atoms with Gasteiger partial charge in [0.15, 0.2) is 0 Å². The number of hydrogen-bond donors (Lipinski definition) is 0. The van der Waals surface area contributed by atoms with Gasteiger partial charge >= 0.3 is 11.9 Å². The zero-order valence-corrected chi connectivity index (χ0v) is 30.2. The number of esters is 2. The molecule has 0 aliphatic heterocycles. The van der Waals surface area contributed by atoms with Crippen LogP contribution in [0.4, 0.5) is 0 Å². The smallest absolute Gasteiger partial charge is 0.343 e. The third-order valence-corrected chi connectivity index (χ3v) is 8.51. The Balaban J connectivity index is 1.21. The lowest BCUT2D eigenvalue weighted by Crippen LogP contribution is -2.10. The molecule has 0 saturated heterocycles. The van der Waals surface area contributed by atoms with Gasteiger partial charge in [-0.05, 0) is 86.3 Å². The van der Waals surface area contributed by atoms with Crippen molar-refractivity contribution in [3.8, 4) is 23.0 Å². The molecular formula is C44H52O8. The molecule has 0 fully saturated rings. The molecule has 4 aromatic carbocycles. The van der Waals surface area contributed by atoms with E-state index in [0.717, 1.165) is 64.6 Å². The molecule has 0 aliphatic rings. The summed E-state index contributed by atoms with van der Waals surface area (Å²) in [7, 11) is 0. The fraction of sp³-hybridized carbons (Fsp3) is 0.364. The predicted octanol–water partition coefficient (Wildman–Crippen LogP) is 11.0. The lowest BCUT2D eigenvalue weighted by Gasteiger charge is -2.12. The number of hydrogen-bond acceptors (Lipinski definition) is 8. The van der Waals surface area contributed by atoms with Crippen LogP contribution in [0.1, 0.15) is 97.8 Å². The van der Waals surface area contributed by atoms with Gasteiger partial charge < -0.3 is 28.4 Å². The van der Waals surface area contributed by atoms with E-state index in [4.69, 9.17) is 28.4 Å². The Morgan fingerprint density at radius 3 is 1.15 bits per heavy atom. The van der Waals surface area contributed by atoms with E-state index >= 15 is 0 Å². The van der Waals surface area contributed by atoms with Crippen LogP contribution >= 0.6 is 0 Å². The van der Waals surface area contributed by atoms with Crippen molar-refractivity contribution in [3.05, 3.63) is 122 Å². The summed E-state index contributed by atoms with van der Waals surface area (Å²) in [6, 6.07) is 24.5. The van der Waals surface area contributed by atoms with E-state index in [0.29, 0.717) is 58.1 Å². The number of carbonyl (C=O) groups excluding carboxylic acids is 2. The summed E-state index contributed by atoms with van der Waals surface area (Å²) in [6.45, 7) is 9.82. The monoisotopic (exact) mass is 708 g/mol. The molecule has 0 unspecified atom stereocenters. The fourth-order valence-electron chi connectivity index (χ4n) is 5.66. The van der Waals surface area contributed by atoms with Crippen LogP contribution in [-0.2, 0) is 9.47 Å². The van der Waals surface area contributed by atoms with Gasteiger partial charge in [-0.1, -0.05) is 88.8 Å². The third-order valence-electron chi connectivity index (χ3n) is 8.51. The van der Waals surface area contributed by atoms with E-state index < -0.39 is 11.9 Å². The van der Waals surface area contributed by atoms with E-state index in [2.05, 4.69) is 13.2 Å². The van der Waals surface area contributed by atoms with Gasteiger partial charge in [0.05, 0.1) is 50.1 Å². The van der Waals surface area contributed by atoms with Crippen LogP contribution in [0.2, 0.25) is 0 Å². The van der Waals surface area contributed by atoms with E-state index in [1.54, 1.807) is 72.8 Å². The van der Waals surface area contributed by atoms with Crippen molar-refractivity contribution in [2.75, 3.05) is 26.4 Å². The molecule has 0 radical (unpaired) electrons. The molecule has 8 heteroatoms. The highest BCUT2D eigenvalue weighted by Gasteiger charge is 2.15. The first-order valence-electron chi connectivity index (χ1n) is 18.5. The first-order valence-corrected chi connectivity index (χ1v) is 18.5. The maximum Gasteiger partial charge on any atom is 0.343 e. The Labute approximate surface area is 308 Å². The minimum Gasteiger partial charge on any atom is -0.502 e. The molecule has 0 aromatic heterocycles. The summed E-state index contributed by atoms with van der Waals surface area (Å²) in [5, 5.41) is 1.30. The Morgan fingerprint density at radius 2 is 0.788 bits per heavy atom. The van der Waals surface area contributed by atoms with Crippen molar-refractivity contribution in [2.24, 2.45) is 0 Å². The molecular weight excluding hydrogens is 656 g/mol. The predicted molar refractivity (Wildman–Crippen MR) is 205 cm³/mol. The molecule has 52 heavy (non-hydrogen) atoms. The second-order valence-corrected chi connectivity index (χ2v) is 12.4. The van der Waals surface area contributed by atoms with Crippen molar-refractivity contribution in [2.45, 2.75) is 77.0 Å². The van der Waals surface area contributed by atoms with Crippen LogP contribution in [0.5, 0.6) is 23.0 Å². The first kappa shape index (κ1) is 39.5. The van der Waals surface area contributed by atoms with Gasteiger partial charge in [0.1, 0.15) is 23.0 Å². The molecule has 0 bridgehead atoms. The maximum atomic E-state index is 13.1. The zero-order chi connectivity index (χ0) is 36.6. The summed E-state index contributed by atoms with van der Waals surface area (Å²) in [5.41, 5.74) is 0.808. The first-order chi connectivity index (χ1) is 25.6. The van der Waals surface area contributed by atoms with Crippen LogP contribution in [-0.4, -0.2) is 38.4 Å². The summed E-state index contributed by atoms with van der Waals surface area (Å²) in [6.07, 6.45) is 16.3. The molecule has 276 valence electrons. The Bertz CT molecular complexity index is 1540. The summed E-state index contributed by atoms with van der Waals surface area (Å²) in [5.74, 6) is 1.17. The quantitative estimate of drug-likeness (QED) is 0.0276. The molecule has 0 atom stereocenters.